The van der Waals surface area contributed by atoms with E-state index < -0.39 is 0 Å². The number of benzene rings is 2. The van der Waals surface area contributed by atoms with Crippen molar-refractivity contribution in [3.8, 4) is 0 Å². The number of hydrogen-bond acceptors (Lipinski definition) is 0. The van der Waals surface area contributed by atoms with Crippen molar-refractivity contribution in [2.75, 3.05) is 0 Å². The molecule has 0 aromatic heterocycles. The molecule has 0 aliphatic rings. The fraction of sp³-hybridized carbons (Fsp3) is 0.0625. The van der Waals surface area contributed by atoms with Crippen LogP contribution in [0.25, 0.3) is 10.8 Å². The molecular weight excluding hydrogens is 311 g/mol. The normalized spacial score (nSPS) is 9.05. The molecule has 0 spiro atoms. The van der Waals surface area contributed by atoms with Gasteiger partial charge in [-0.1, -0.05) is 42.0 Å². The van der Waals surface area contributed by atoms with Crippen molar-refractivity contribution in [2.24, 2.45) is 0 Å². The Morgan fingerprint density at radius 1 is 0.737 bits per heavy atom. The van der Waals surface area contributed by atoms with Crippen LogP contribution in [0.5, 0.6) is 0 Å². The smallest absolute Gasteiger partial charge is 0 e. The molecule has 0 unspecified atom stereocenters. The Bertz CT molecular complexity index is 602. The van der Waals surface area contributed by atoms with Crippen molar-refractivity contribution in [1.82, 2.24) is 0 Å². The molecule has 0 bridgehead atoms. The van der Waals surface area contributed by atoms with E-state index in [9.17, 15) is 0 Å². The van der Waals surface area contributed by atoms with Gasteiger partial charge in [0.25, 0.3) is 0 Å². The molecule has 0 aliphatic heterocycles. The summed E-state index contributed by atoms with van der Waals surface area (Å²) in [5, 5.41) is 2.72. The number of hydrogen-bond donors (Lipinski definition) is 0. The van der Waals surface area contributed by atoms with Crippen LogP contribution in [0, 0.1) is 0 Å². The molecule has 19 heavy (non-hydrogen) atoms. The van der Waals surface area contributed by atoms with E-state index in [0.29, 0.717) is 0 Å². The van der Waals surface area contributed by atoms with E-state index in [2.05, 4.69) is 66.7 Å². The summed E-state index contributed by atoms with van der Waals surface area (Å²) in [6.07, 6.45) is 1.02. The first kappa shape index (κ1) is 18.3. The molecule has 0 atom stereocenters. The predicted octanol–water partition coefficient (Wildman–Crippen LogP) is 4.99. The molecule has 0 heterocycles. The summed E-state index contributed by atoms with van der Waals surface area (Å²) in [4.78, 5) is 0. The molecule has 3 aromatic rings. The topological polar surface area (TPSA) is 0 Å². The van der Waals surface area contributed by atoms with Gasteiger partial charge in [0.2, 0.25) is 0 Å². The van der Waals surface area contributed by atoms with Crippen LogP contribution in [0.15, 0.2) is 66.7 Å². The summed E-state index contributed by atoms with van der Waals surface area (Å²) >= 11 is 0. The molecule has 3 aromatic carbocycles. The van der Waals surface area contributed by atoms with Gasteiger partial charge in [-0.05, 0) is 6.42 Å². The zero-order valence-electron chi connectivity index (χ0n) is 10.4. The first-order valence-electron chi connectivity index (χ1n) is 5.61. The second kappa shape index (κ2) is 8.50. The van der Waals surface area contributed by atoms with Crippen molar-refractivity contribution in [3.63, 3.8) is 0 Å². The molecule has 0 aliphatic carbocycles. The molecule has 3 heteroatoms. The average molecular weight is 326 g/mol. The van der Waals surface area contributed by atoms with Crippen molar-refractivity contribution in [2.45, 2.75) is 6.42 Å². The quantitative estimate of drug-likeness (QED) is 0.460. The fourth-order valence-electron chi connectivity index (χ4n) is 2.18. The fourth-order valence-corrected chi connectivity index (χ4v) is 2.18. The monoisotopic (exact) mass is 325 g/mol. The third kappa shape index (κ3) is 4.16. The van der Waals surface area contributed by atoms with Crippen LogP contribution >= 0.6 is 24.8 Å². The second-order valence-electron chi connectivity index (χ2n) is 4.11. The first-order chi connectivity index (χ1) is 7.93. The standard InChI is InChI=1S/C16H13.2ClH.Ti/c1-2-6-13(7-3-1)12-15-11-10-14-8-4-5-9-16(14)15;;;/h1-11H,12H2;2*1H;/q-1;;;. The van der Waals surface area contributed by atoms with Gasteiger partial charge in [-0.3, -0.25) is 0 Å². The second-order valence-corrected chi connectivity index (χ2v) is 4.11. The molecule has 0 nitrogen and oxygen atoms in total. The molecule has 0 saturated heterocycles. The Balaban J connectivity index is 0.00000108. The molecule has 0 N–H and O–H groups in total. The molecule has 98 valence electrons. The maximum atomic E-state index is 2.23. The van der Waals surface area contributed by atoms with E-state index in [1.165, 1.54) is 21.9 Å². The average Bonchev–Trinajstić information content (AvgIpc) is 2.74. The summed E-state index contributed by atoms with van der Waals surface area (Å²) < 4.78 is 0. The summed E-state index contributed by atoms with van der Waals surface area (Å²) in [5.74, 6) is 0. The maximum absolute atomic E-state index is 2.23. The van der Waals surface area contributed by atoms with Gasteiger partial charge in [0.05, 0.1) is 0 Å². The van der Waals surface area contributed by atoms with E-state index >= 15 is 0 Å². The van der Waals surface area contributed by atoms with Gasteiger partial charge in [0.1, 0.15) is 0 Å². The Labute approximate surface area is 141 Å². The van der Waals surface area contributed by atoms with E-state index in [4.69, 9.17) is 0 Å². The van der Waals surface area contributed by atoms with Gasteiger partial charge in [0, 0.05) is 21.7 Å². The Morgan fingerprint density at radius 3 is 2.11 bits per heavy atom. The van der Waals surface area contributed by atoms with Gasteiger partial charge in [-0.2, -0.15) is 6.07 Å². The van der Waals surface area contributed by atoms with Gasteiger partial charge < -0.3 is 0 Å². The van der Waals surface area contributed by atoms with Crippen LogP contribution in [-0.2, 0) is 28.1 Å². The number of rotatable bonds is 2. The Hall–Kier alpha value is -0.656. The van der Waals surface area contributed by atoms with E-state index in [1.54, 1.807) is 0 Å². The van der Waals surface area contributed by atoms with Crippen LogP contribution in [0.1, 0.15) is 11.1 Å². The van der Waals surface area contributed by atoms with Gasteiger partial charge in [0.15, 0.2) is 0 Å². The molecule has 0 amide bonds. The third-order valence-electron chi connectivity index (χ3n) is 3.01. The van der Waals surface area contributed by atoms with Crippen molar-refractivity contribution < 1.29 is 21.7 Å². The van der Waals surface area contributed by atoms with Crippen molar-refractivity contribution >= 4 is 35.6 Å². The maximum Gasteiger partial charge on any atom is 0 e. The molecule has 0 saturated carbocycles. The minimum Gasteiger partial charge on any atom is -0.168 e. The van der Waals surface area contributed by atoms with Crippen LogP contribution in [0.4, 0.5) is 0 Å². The summed E-state index contributed by atoms with van der Waals surface area (Å²) in [6.45, 7) is 0. The van der Waals surface area contributed by atoms with E-state index in [0.717, 1.165) is 6.42 Å². The van der Waals surface area contributed by atoms with E-state index in [1.807, 2.05) is 0 Å². The largest absolute Gasteiger partial charge is 0.168 e. The number of fused-ring (bicyclic) bond motifs is 1. The van der Waals surface area contributed by atoms with Crippen LogP contribution < -0.4 is 0 Å². The predicted molar refractivity (Wildman–Crippen MR) is 83.3 cm³/mol. The van der Waals surface area contributed by atoms with Crippen LogP contribution in [0.3, 0.4) is 0 Å². The van der Waals surface area contributed by atoms with Crippen LogP contribution in [0.2, 0.25) is 0 Å². The third-order valence-corrected chi connectivity index (χ3v) is 3.01. The summed E-state index contributed by atoms with van der Waals surface area (Å²) in [6, 6.07) is 23.6. The van der Waals surface area contributed by atoms with Gasteiger partial charge in [-0.15, -0.1) is 65.4 Å². The van der Waals surface area contributed by atoms with Crippen molar-refractivity contribution in [3.05, 3.63) is 77.9 Å². The van der Waals surface area contributed by atoms with Crippen LogP contribution in [-0.4, -0.2) is 0 Å². The Kier molecular flexibility index (Phi) is 8.21. The summed E-state index contributed by atoms with van der Waals surface area (Å²) in [7, 11) is 0. The summed E-state index contributed by atoms with van der Waals surface area (Å²) in [5.41, 5.74) is 2.79. The SMILES string of the molecule is Cl.Cl.[Ti].c1ccc(C[c-]2ccc3ccccc32)cc1. The molecule has 0 fully saturated rings. The minimum atomic E-state index is 0. The van der Waals surface area contributed by atoms with Gasteiger partial charge >= 0.3 is 0 Å². The van der Waals surface area contributed by atoms with Gasteiger partial charge in [-0.25, -0.2) is 0 Å². The first-order valence-corrected chi connectivity index (χ1v) is 5.61. The number of halogens is 2. The molecular formula is C16H15Cl2Ti-. The zero-order chi connectivity index (χ0) is 10.8. The Morgan fingerprint density at radius 2 is 1.37 bits per heavy atom. The molecule has 3 rings (SSSR count). The minimum absolute atomic E-state index is 0. The zero-order valence-corrected chi connectivity index (χ0v) is 13.6. The van der Waals surface area contributed by atoms with Crippen molar-refractivity contribution in [1.29, 1.82) is 0 Å². The molecule has 0 radical (unpaired) electrons. The van der Waals surface area contributed by atoms with E-state index in [-0.39, 0.29) is 46.5 Å².